The first-order chi connectivity index (χ1) is 16.6. The van der Waals surface area contributed by atoms with Crippen molar-refractivity contribution in [2.75, 3.05) is 11.9 Å². The standard InChI is InChI=1S/C25H16ClN3O5/c26-16-6-8-17(9-7-16)27-22(30)14-34-25(31)15-5-10-18-19(13-15)29-24(21-4-2-12-33-21)23(28-18)20-3-1-11-32-20/h1-13H,14H2,(H,27,30). The van der Waals surface area contributed by atoms with Crippen molar-refractivity contribution in [3.8, 4) is 22.9 Å². The molecular formula is C25H16ClN3O5. The van der Waals surface area contributed by atoms with Gasteiger partial charge in [0.05, 0.1) is 29.1 Å². The number of carbonyl (C=O) groups excluding carboxylic acids is 2. The number of hydrogen-bond donors (Lipinski definition) is 1. The monoisotopic (exact) mass is 473 g/mol. The van der Waals surface area contributed by atoms with E-state index >= 15 is 0 Å². The number of amides is 1. The van der Waals surface area contributed by atoms with Crippen LogP contribution in [0, 0.1) is 0 Å². The van der Waals surface area contributed by atoms with E-state index in [1.165, 1.54) is 6.26 Å². The molecule has 5 rings (SSSR count). The van der Waals surface area contributed by atoms with Gasteiger partial charge >= 0.3 is 5.97 Å². The molecule has 34 heavy (non-hydrogen) atoms. The Morgan fingerprint density at radius 3 is 2.12 bits per heavy atom. The first-order valence-corrected chi connectivity index (χ1v) is 10.6. The highest BCUT2D eigenvalue weighted by Crippen LogP contribution is 2.31. The van der Waals surface area contributed by atoms with Crippen LogP contribution in [-0.4, -0.2) is 28.5 Å². The van der Waals surface area contributed by atoms with Crippen molar-refractivity contribution in [3.05, 3.63) is 89.8 Å². The summed E-state index contributed by atoms with van der Waals surface area (Å²) in [5.41, 5.74) is 2.78. The van der Waals surface area contributed by atoms with Crippen LogP contribution in [-0.2, 0) is 9.53 Å². The third-order valence-electron chi connectivity index (χ3n) is 4.87. The Kier molecular flexibility index (Phi) is 5.80. The van der Waals surface area contributed by atoms with Crippen LogP contribution in [0.2, 0.25) is 5.02 Å². The van der Waals surface area contributed by atoms with E-state index in [4.69, 9.17) is 25.2 Å². The van der Waals surface area contributed by atoms with E-state index in [-0.39, 0.29) is 5.56 Å². The van der Waals surface area contributed by atoms with Crippen LogP contribution in [0.4, 0.5) is 5.69 Å². The quantitative estimate of drug-likeness (QED) is 0.320. The van der Waals surface area contributed by atoms with Gasteiger partial charge < -0.3 is 18.9 Å². The van der Waals surface area contributed by atoms with Gasteiger partial charge in [-0.15, -0.1) is 0 Å². The highest BCUT2D eigenvalue weighted by atomic mass is 35.5. The fourth-order valence-corrected chi connectivity index (χ4v) is 3.42. The van der Waals surface area contributed by atoms with Crippen LogP contribution >= 0.6 is 11.6 Å². The topological polar surface area (TPSA) is 107 Å². The van der Waals surface area contributed by atoms with Crippen molar-refractivity contribution in [2.45, 2.75) is 0 Å². The zero-order valence-corrected chi connectivity index (χ0v) is 18.3. The molecule has 8 nitrogen and oxygen atoms in total. The van der Waals surface area contributed by atoms with Gasteiger partial charge in [-0.2, -0.15) is 0 Å². The lowest BCUT2D eigenvalue weighted by atomic mass is 10.1. The maximum Gasteiger partial charge on any atom is 0.338 e. The molecule has 0 unspecified atom stereocenters. The SMILES string of the molecule is O=C(COC(=O)c1ccc2nc(-c3ccco3)c(-c3ccco3)nc2c1)Nc1ccc(Cl)cc1. The summed E-state index contributed by atoms with van der Waals surface area (Å²) in [6, 6.07) is 18.4. The Balaban J connectivity index is 1.37. The summed E-state index contributed by atoms with van der Waals surface area (Å²) >= 11 is 5.83. The van der Waals surface area contributed by atoms with E-state index in [0.29, 0.717) is 44.7 Å². The fourth-order valence-electron chi connectivity index (χ4n) is 3.30. The number of ether oxygens (including phenoxy) is 1. The van der Waals surface area contributed by atoms with Crippen molar-refractivity contribution in [2.24, 2.45) is 0 Å². The van der Waals surface area contributed by atoms with E-state index < -0.39 is 18.5 Å². The minimum absolute atomic E-state index is 0.234. The van der Waals surface area contributed by atoms with Crippen molar-refractivity contribution in [1.29, 1.82) is 0 Å². The number of hydrogen-bond acceptors (Lipinski definition) is 7. The number of aromatic nitrogens is 2. The lowest BCUT2D eigenvalue weighted by molar-refractivity contribution is -0.119. The molecule has 1 N–H and O–H groups in total. The molecule has 1 amide bonds. The molecule has 0 saturated heterocycles. The number of anilines is 1. The molecule has 5 aromatic rings. The van der Waals surface area contributed by atoms with E-state index in [1.807, 2.05) is 0 Å². The van der Waals surface area contributed by atoms with E-state index in [2.05, 4.69) is 15.3 Å². The molecule has 0 bridgehead atoms. The average Bonchev–Trinajstić information content (AvgIpc) is 3.57. The summed E-state index contributed by atoms with van der Waals surface area (Å²) in [5.74, 6) is -0.0901. The number of fused-ring (bicyclic) bond motifs is 1. The van der Waals surface area contributed by atoms with Crippen molar-refractivity contribution >= 4 is 40.2 Å². The van der Waals surface area contributed by atoms with Gasteiger partial charge in [0, 0.05) is 10.7 Å². The summed E-state index contributed by atoms with van der Waals surface area (Å²) < 4.78 is 16.2. The zero-order valence-electron chi connectivity index (χ0n) is 17.5. The first kappa shape index (κ1) is 21.4. The van der Waals surface area contributed by atoms with Crippen LogP contribution in [0.25, 0.3) is 33.9 Å². The first-order valence-electron chi connectivity index (χ1n) is 10.2. The van der Waals surface area contributed by atoms with Crippen molar-refractivity contribution in [1.82, 2.24) is 9.97 Å². The van der Waals surface area contributed by atoms with E-state index in [0.717, 1.165) is 0 Å². The van der Waals surface area contributed by atoms with Gasteiger partial charge in [0.25, 0.3) is 5.91 Å². The molecular weight excluding hydrogens is 458 g/mol. The van der Waals surface area contributed by atoms with Crippen molar-refractivity contribution < 1.29 is 23.2 Å². The molecule has 0 atom stereocenters. The molecule has 0 aliphatic rings. The lowest BCUT2D eigenvalue weighted by Crippen LogP contribution is -2.20. The molecule has 2 aromatic carbocycles. The molecule has 0 aliphatic carbocycles. The second-order valence-electron chi connectivity index (χ2n) is 7.21. The van der Waals surface area contributed by atoms with Gasteiger partial charge in [0.1, 0.15) is 11.4 Å². The predicted molar refractivity (Wildman–Crippen MR) is 125 cm³/mol. The lowest BCUT2D eigenvalue weighted by Gasteiger charge is -2.09. The minimum Gasteiger partial charge on any atom is -0.463 e. The Morgan fingerprint density at radius 2 is 1.50 bits per heavy atom. The van der Waals surface area contributed by atoms with Gasteiger partial charge in [-0.3, -0.25) is 4.79 Å². The highest BCUT2D eigenvalue weighted by Gasteiger charge is 2.18. The Hall–Kier alpha value is -4.43. The van der Waals surface area contributed by atoms with Crippen molar-refractivity contribution in [3.63, 3.8) is 0 Å². The second-order valence-corrected chi connectivity index (χ2v) is 7.65. The minimum atomic E-state index is -0.662. The number of nitrogens with zero attached hydrogens (tertiary/aromatic N) is 2. The number of esters is 1. The van der Waals surface area contributed by atoms with Crippen LogP contribution in [0.1, 0.15) is 10.4 Å². The molecule has 168 valence electrons. The summed E-state index contributed by atoms with van der Waals surface area (Å²) in [7, 11) is 0. The number of carbonyl (C=O) groups is 2. The third kappa shape index (κ3) is 4.53. The van der Waals surface area contributed by atoms with E-state index in [9.17, 15) is 9.59 Å². The molecule has 0 spiro atoms. The van der Waals surface area contributed by atoms with Gasteiger partial charge in [-0.25, -0.2) is 14.8 Å². The zero-order chi connectivity index (χ0) is 23.5. The van der Waals surface area contributed by atoms with Crippen LogP contribution in [0.15, 0.2) is 88.1 Å². The third-order valence-corrected chi connectivity index (χ3v) is 5.12. The molecule has 3 aromatic heterocycles. The Labute approximate surface area is 198 Å². The number of furan rings is 2. The maximum atomic E-state index is 12.6. The number of halogens is 1. The second kappa shape index (κ2) is 9.21. The summed E-state index contributed by atoms with van der Waals surface area (Å²) in [4.78, 5) is 34.0. The predicted octanol–water partition coefficient (Wildman–Crippen LogP) is 5.60. The smallest absolute Gasteiger partial charge is 0.338 e. The Morgan fingerprint density at radius 1 is 0.853 bits per heavy atom. The van der Waals surface area contributed by atoms with Gasteiger partial charge in [-0.05, 0) is 66.7 Å². The highest BCUT2D eigenvalue weighted by molar-refractivity contribution is 6.30. The fraction of sp³-hybridized carbons (Fsp3) is 0.0400. The summed E-state index contributed by atoms with van der Waals surface area (Å²) in [5, 5.41) is 3.18. The molecule has 0 aliphatic heterocycles. The normalized spacial score (nSPS) is 10.9. The van der Waals surface area contributed by atoms with Gasteiger partial charge in [-0.1, -0.05) is 11.6 Å². The molecule has 3 heterocycles. The number of rotatable bonds is 6. The molecule has 9 heteroatoms. The van der Waals surface area contributed by atoms with Gasteiger partial charge in [0.2, 0.25) is 0 Å². The van der Waals surface area contributed by atoms with Crippen LogP contribution < -0.4 is 5.32 Å². The number of nitrogens with one attached hydrogen (secondary N) is 1. The number of benzene rings is 2. The van der Waals surface area contributed by atoms with Crippen LogP contribution in [0.3, 0.4) is 0 Å². The molecule has 0 fully saturated rings. The Bertz CT molecular complexity index is 1460. The molecule has 0 radical (unpaired) electrons. The largest absolute Gasteiger partial charge is 0.463 e. The van der Waals surface area contributed by atoms with Gasteiger partial charge in [0.15, 0.2) is 18.1 Å². The molecule has 0 saturated carbocycles. The average molecular weight is 474 g/mol. The van der Waals surface area contributed by atoms with E-state index in [1.54, 1.807) is 73.0 Å². The van der Waals surface area contributed by atoms with Crippen LogP contribution in [0.5, 0.6) is 0 Å². The summed E-state index contributed by atoms with van der Waals surface area (Å²) in [6.45, 7) is -0.444. The summed E-state index contributed by atoms with van der Waals surface area (Å²) in [6.07, 6.45) is 3.09. The maximum absolute atomic E-state index is 12.6.